The van der Waals surface area contributed by atoms with E-state index < -0.39 is 11.0 Å². The first kappa shape index (κ1) is 15.0. The number of benzene rings is 1. The van der Waals surface area contributed by atoms with Crippen LogP contribution < -0.4 is 4.74 Å². The molecule has 0 aliphatic rings. The molecule has 2 aromatic rings. The van der Waals surface area contributed by atoms with Gasteiger partial charge in [-0.1, -0.05) is 0 Å². The summed E-state index contributed by atoms with van der Waals surface area (Å²) in [6, 6.07) is 4.18. The van der Waals surface area contributed by atoms with E-state index in [1.165, 1.54) is 18.2 Å². The highest BCUT2D eigenvalue weighted by Crippen LogP contribution is 2.29. The van der Waals surface area contributed by atoms with Gasteiger partial charge in [0.1, 0.15) is 18.2 Å². The molecule has 112 valence electrons. The third-order valence-corrected chi connectivity index (χ3v) is 3.15. The fourth-order valence-corrected chi connectivity index (χ4v) is 2.02. The monoisotopic (exact) mass is 291 g/mol. The Labute approximate surface area is 122 Å². The molecule has 0 radical (unpaired) electrons. The van der Waals surface area contributed by atoms with Gasteiger partial charge in [-0.2, -0.15) is 0 Å². The molecule has 7 nitrogen and oxygen atoms in total. The lowest BCUT2D eigenvalue weighted by atomic mass is 10.1. The summed E-state index contributed by atoms with van der Waals surface area (Å²) >= 11 is 0. The van der Waals surface area contributed by atoms with Gasteiger partial charge in [0.05, 0.1) is 11.0 Å². The average Bonchev–Trinajstić information content (AvgIpc) is 2.92. The third-order valence-electron chi connectivity index (χ3n) is 3.15. The summed E-state index contributed by atoms with van der Waals surface area (Å²) in [4.78, 5) is 14.5. The molecule has 1 aromatic heterocycles. The number of aliphatic hydroxyl groups excluding tert-OH is 1. The van der Waals surface area contributed by atoms with Gasteiger partial charge in [0.2, 0.25) is 0 Å². The van der Waals surface area contributed by atoms with Crippen LogP contribution in [0.5, 0.6) is 5.75 Å². The molecule has 0 fully saturated rings. The van der Waals surface area contributed by atoms with Gasteiger partial charge < -0.3 is 14.4 Å². The Bertz CT molecular complexity index is 637. The van der Waals surface area contributed by atoms with E-state index in [4.69, 9.17) is 4.74 Å². The van der Waals surface area contributed by atoms with Crippen LogP contribution >= 0.6 is 0 Å². The van der Waals surface area contributed by atoms with Crippen LogP contribution in [0.15, 0.2) is 30.6 Å². The number of rotatable bonds is 6. The second kappa shape index (κ2) is 6.36. The maximum Gasteiger partial charge on any atom is 0.270 e. The minimum absolute atomic E-state index is 0.0756. The van der Waals surface area contributed by atoms with Crippen LogP contribution in [0.3, 0.4) is 0 Å². The van der Waals surface area contributed by atoms with Crippen molar-refractivity contribution in [2.45, 2.75) is 33.1 Å². The Morgan fingerprint density at radius 1 is 1.52 bits per heavy atom. The van der Waals surface area contributed by atoms with E-state index in [0.717, 1.165) is 12.4 Å². The summed E-state index contributed by atoms with van der Waals surface area (Å²) in [5, 5.41) is 20.5. The van der Waals surface area contributed by atoms with E-state index >= 15 is 0 Å². The lowest BCUT2D eigenvalue weighted by Crippen LogP contribution is -2.07. The first-order valence-electron chi connectivity index (χ1n) is 6.62. The zero-order chi connectivity index (χ0) is 15.4. The van der Waals surface area contributed by atoms with Gasteiger partial charge in [0.25, 0.3) is 5.69 Å². The first-order valence-corrected chi connectivity index (χ1v) is 6.62. The van der Waals surface area contributed by atoms with Crippen molar-refractivity contribution < 1.29 is 14.8 Å². The molecule has 0 amide bonds. The lowest BCUT2D eigenvalue weighted by Gasteiger charge is -2.13. The molecule has 0 aliphatic carbocycles. The van der Waals surface area contributed by atoms with E-state index in [9.17, 15) is 15.2 Å². The van der Waals surface area contributed by atoms with Gasteiger partial charge >= 0.3 is 0 Å². The Morgan fingerprint density at radius 2 is 2.29 bits per heavy atom. The van der Waals surface area contributed by atoms with Crippen LogP contribution in [0, 0.1) is 10.1 Å². The Balaban J connectivity index is 2.21. The number of hydrogen-bond donors (Lipinski definition) is 1. The van der Waals surface area contributed by atoms with Gasteiger partial charge in [-0.3, -0.25) is 10.1 Å². The van der Waals surface area contributed by atoms with Crippen LogP contribution in [0.4, 0.5) is 5.69 Å². The van der Waals surface area contributed by atoms with E-state index in [-0.39, 0.29) is 12.3 Å². The predicted octanol–water partition coefficient (Wildman–Crippen LogP) is 2.44. The number of aryl methyl sites for hydroxylation is 1. The molecule has 0 saturated heterocycles. The van der Waals surface area contributed by atoms with Gasteiger partial charge in [-0.15, -0.1) is 0 Å². The van der Waals surface area contributed by atoms with Crippen molar-refractivity contribution in [1.29, 1.82) is 0 Å². The second-order valence-corrected chi connectivity index (χ2v) is 4.57. The van der Waals surface area contributed by atoms with Crippen molar-refractivity contribution in [2.24, 2.45) is 0 Å². The van der Waals surface area contributed by atoms with E-state index in [2.05, 4.69) is 4.98 Å². The average molecular weight is 291 g/mol. The number of nitrogens with zero attached hydrogens (tertiary/aromatic N) is 3. The van der Waals surface area contributed by atoms with Gasteiger partial charge in [-0.05, 0) is 19.9 Å². The minimum Gasteiger partial charge on any atom is -0.485 e. The number of non-ortho nitro benzene ring substituents is 1. The summed E-state index contributed by atoms with van der Waals surface area (Å²) in [5.41, 5.74) is 0.312. The molecule has 2 rings (SSSR count). The van der Waals surface area contributed by atoms with Crippen LogP contribution in [-0.4, -0.2) is 19.6 Å². The number of imidazole rings is 1. The highest BCUT2D eigenvalue weighted by atomic mass is 16.6. The smallest absolute Gasteiger partial charge is 0.270 e. The summed E-state index contributed by atoms with van der Waals surface area (Å²) in [6.45, 7) is 4.55. The maximum atomic E-state index is 10.8. The molecule has 0 spiro atoms. The molecule has 1 N–H and O–H groups in total. The van der Waals surface area contributed by atoms with Crippen molar-refractivity contribution >= 4 is 5.69 Å². The van der Waals surface area contributed by atoms with Crippen molar-refractivity contribution in [2.75, 3.05) is 0 Å². The molecule has 0 bridgehead atoms. The second-order valence-electron chi connectivity index (χ2n) is 4.57. The summed E-state index contributed by atoms with van der Waals surface area (Å²) in [6.07, 6.45) is 2.68. The van der Waals surface area contributed by atoms with Crippen molar-refractivity contribution in [3.05, 3.63) is 52.1 Å². The third kappa shape index (κ3) is 3.38. The predicted molar refractivity (Wildman–Crippen MR) is 76.0 cm³/mol. The molecule has 1 heterocycles. The number of hydrogen-bond acceptors (Lipinski definition) is 5. The maximum absolute atomic E-state index is 10.8. The molecular weight excluding hydrogens is 274 g/mol. The Kier molecular flexibility index (Phi) is 4.54. The minimum atomic E-state index is -0.856. The number of aromatic nitrogens is 2. The van der Waals surface area contributed by atoms with Crippen LogP contribution in [0.2, 0.25) is 0 Å². The fourth-order valence-electron chi connectivity index (χ4n) is 2.02. The number of nitro benzene ring substituents is 1. The van der Waals surface area contributed by atoms with Crippen LogP contribution in [-0.2, 0) is 13.2 Å². The summed E-state index contributed by atoms with van der Waals surface area (Å²) in [5.74, 6) is 1.17. The summed E-state index contributed by atoms with van der Waals surface area (Å²) in [7, 11) is 0. The zero-order valence-electron chi connectivity index (χ0n) is 11.9. The molecule has 1 atom stereocenters. The number of aliphatic hydroxyl groups is 1. The topological polar surface area (TPSA) is 90.4 Å². The van der Waals surface area contributed by atoms with Crippen LogP contribution in [0.25, 0.3) is 0 Å². The molecule has 0 saturated carbocycles. The molecule has 7 heteroatoms. The van der Waals surface area contributed by atoms with E-state index in [1.807, 2.05) is 17.7 Å². The molecule has 1 unspecified atom stereocenters. The quantitative estimate of drug-likeness (QED) is 0.652. The van der Waals surface area contributed by atoms with Crippen LogP contribution in [0.1, 0.15) is 31.3 Å². The summed E-state index contributed by atoms with van der Waals surface area (Å²) < 4.78 is 7.59. The molecule has 0 aliphatic heterocycles. The zero-order valence-corrected chi connectivity index (χ0v) is 11.9. The van der Waals surface area contributed by atoms with Gasteiger partial charge in [0, 0.05) is 36.6 Å². The highest BCUT2D eigenvalue weighted by molar-refractivity contribution is 5.44. The first-order chi connectivity index (χ1) is 10.0. The highest BCUT2D eigenvalue weighted by Gasteiger charge is 2.16. The Hall–Kier alpha value is -2.41. The standard InChI is InChI=1S/C14H17N3O4/c1-3-16-7-6-15-14(16)9-21-13-5-4-11(17(19)20)8-12(13)10(2)18/h4-8,10,18H,3,9H2,1-2H3. The van der Waals surface area contributed by atoms with Gasteiger partial charge in [0.15, 0.2) is 0 Å². The van der Waals surface area contributed by atoms with E-state index in [0.29, 0.717) is 11.3 Å². The lowest BCUT2D eigenvalue weighted by molar-refractivity contribution is -0.385. The van der Waals surface area contributed by atoms with E-state index in [1.54, 1.807) is 13.1 Å². The number of nitro groups is 1. The van der Waals surface area contributed by atoms with Crippen molar-refractivity contribution in [3.63, 3.8) is 0 Å². The van der Waals surface area contributed by atoms with Crippen molar-refractivity contribution in [3.8, 4) is 5.75 Å². The normalized spacial score (nSPS) is 12.1. The van der Waals surface area contributed by atoms with Crippen molar-refractivity contribution in [1.82, 2.24) is 9.55 Å². The largest absolute Gasteiger partial charge is 0.485 e. The molecule has 1 aromatic carbocycles. The fraction of sp³-hybridized carbons (Fsp3) is 0.357. The SMILES string of the molecule is CCn1ccnc1COc1ccc([N+](=O)[O-])cc1C(C)O. The molecule has 21 heavy (non-hydrogen) atoms. The number of ether oxygens (including phenoxy) is 1. The van der Waals surface area contributed by atoms with Gasteiger partial charge in [-0.25, -0.2) is 4.98 Å². The molecular formula is C14H17N3O4. The Morgan fingerprint density at radius 3 is 2.90 bits per heavy atom.